The predicted octanol–water partition coefficient (Wildman–Crippen LogP) is 1.96. The van der Waals surface area contributed by atoms with Gasteiger partial charge in [-0.05, 0) is 31.9 Å². The minimum absolute atomic E-state index is 0.0146. The van der Waals surface area contributed by atoms with Crippen LogP contribution in [0.15, 0.2) is 17.1 Å². The van der Waals surface area contributed by atoms with Gasteiger partial charge in [-0.3, -0.25) is 14.5 Å². The molecule has 2 aromatic rings. The fourth-order valence-corrected chi connectivity index (χ4v) is 3.14. The number of ether oxygens (including phenoxy) is 1. The second-order valence-corrected chi connectivity index (χ2v) is 6.80. The molecule has 7 heteroatoms. The van der Waals surface area contributed by atoms with Gasteiger partial charge in [-0.2, -0.15) is 5.10 Å². The van der Waals surface area contributed by atoms with Crippen LogP contribution in [-0.2, 0) is 16.6 Å². The number of benzene rings is 1. The number of aliphatic imine (C=N–C) groups is 1. The lowest BCUT2D eigenvalue weighted by atomic mass is 9.89. The van der Waals surface area contributed by atoms with Gasteiger partial charge in [-0.1, -0.05) is 13.8 Å². The number of methoxy groups -OCH3 is 1. The fourth-order valence-electron chi connectivity index (χ4n) is 3.14. The van der Waals surface area contributed by atoms with Crippen LogP contribution in [0.1, 0.15) is 42.4 Å². The number of fused-ring (bicyclic) bond motifs is 1. The Kier molecular flexibility index (Phi) is 3.89. The number of amidine groups is 1. The molecule has 1 aliphatic rings. The first kappa shape index (κ1) is 17.1. The third-order valence-corrected chi connectivity index (χ3v) is 5.00. The SMILES string of the molecule is COC(=O)c1ccc2c(c(C)nn2C)c1C1=NC(C)(C(C)C)C(=O)N1. The van der Waals surface area contributed by atoms with Crippen LogP contribution in [0.5, 0.6) is 0 Å². The van der Waals surface area contributed by atoms with Crippen molar-refractivity contribution in [2.45, 2.75) is 33.2 Å². The van der Waals surface area contributed by atoms with Crippen LogP contribution in [0.2, 0.25) is 0 Å². The normalized spacial score (nSPS) is 20.1. The summed E-state index contributed by atoms with van der Waals surface area (Å²) in [5.41, 5.74) is 1.66. The molecule has 2 heterocycles. The number of esters is 1. The number of carbonyl (C=O) groups is 2. The van der Waals surface area contributed by atoms with Gasteiger partial charge in [-0.25, -0.2) is 4.79 Å². The Labute approximate surface area is 146 Å². The van der Waals surface area contributed by atoms with Gasteiger partial charge in [0.2, 0.25) is 0 Å². The Morgan fingerprint density at radius 1 is 1.36 bits per heavy atom. The first-order chi connectivity index (χ1) is 11.7. The fraction of sp³-hybridized carbons (Fsp3) is 0.444. The van der Waals surface area contributed by atoms with Crippen LogP contribution in [-0.4, -0.2) is 40.1 Å². The summed E-state index contributed by atoms with van der Waals surface area (Å²) in [6.07, 6.45) is 0. The summed E-state index contributed by atoms with van der Waals surface area (Å²) in [6, 6.07) is 3.51. The Bertz CT molecular complexity index is 926. The predicted molar refractivity (Wildman–Crippen MR) is 94.7 cm³/mol. The highest BCUT2D eigenvalue weighted by atomic mass is 16.5. The van der Waals surface area contributed by atoms with E-state index in [0.29, 0.717) is 17.0 Å². The molecule has 25 heavy (non-hydrogen) atoms. The van der Waals surface area contributed by atoms with E-state index >= 15 is 0 Å². The maximum Gasteiger partial charge on any atom is 0.338 e. The number of hydrogen-bond acceptors (Lipinski definition) is 5. The summed E-state index contributed by atoms with van der Waals surface area (Å²) in [6.45, 7) is 7.56. The van der Waals surface area contributed by atoms with Crippen molar-refractivity contribution < 1.29 is 14.3 Å². The van der Waals surface area contributed by atoms with E-state index in [1.54, 1.807) is 17.7 Å². The van der Waals surface area contributed by atoms with Crippen molar-refractivity contribution in [3.05, 3.63) is 29.0 Å². The molecule has 3 rings (SSSR count). The van der Waals surface area contributed by atoms with Crippen molar-refractivity contribution in [3.63, 3.8) is 0 Å². The van der Waals surface area contributed by atoms with Gasteiger partial charge < -0.3 is 10.1 Å². The minimum Gasteiger partial charge on any atom is -0.465 e. The van der Waals surface area contributed by atoms with E-state index < -0.39 is 11.5 Å². The number of amides is 1. The van der Waals surface area contributed by atoms with E-state index in [1.807, 2.05) is 33.9 Å². The molecule has 0 saturated heterocycles. The molecule has 7 nitrogen and oxygen atoms in total. The minimum atomic E-state index is -0.874. The standard InChI is InChI=1S/C18H22N4O3/c1-9(2)18(4)17(24)19-15(20-18)14-11(16(23)25-6)7-8-12-13(14)10(3)21-22(12)5/h7-9H,1-6H3,(H,19,20,24). The molecule has 1 aliphatic heterocycles. The molecular weight excluding hydrogens is 320 g/mol. The number of nitrogens with one attached hydrogen (secondary N) is 1. The second-order valence-electron chi connectivity index (χ2n) is 6.80. The molecule has 1 aromatic carbocycles. The highest BCUT2D eigenvalue weighted by Gasteiger charge is 2.43. The van der Waals surface area contributed by atoms with Crippen molar-refractivity contribution in [2.75, 3.05) is 7.11 Å². The lowest BCUT2D eigenvalue weighted by molar-refractivity contribution is -0.124. The third kappa shape index (κ3) is 2.42. The summed E-state index contributed by atoms with van der Waals surface area (Å²) in [7, 11) is 3.17. The Balaban J connectivity index is 2.35. The number of nitrogens with zero attached hydrogens (tertiary/aromatic N) is 3. The van der Waals surface area contributed by atoms with Crippen molar-refractivity contribution in [1.82, 2.24) is 15.1 Å². The number of rotatable bonds is 3. The Morgan fingerprint density at radius 3 is 2.60 bits per heavy atom. The maximum absolute atomic E-state index is 12.5. The van der Waals surface area contributed by atoms with Crippen LogP contribution < -0.4 is 5.32 Å². The number of carbonyl (C=O) groups excluding carboxylic acids is 2. The monoisotopic (exact) mass is 342 g/mol. The molecule has 1 atom stereocenters. The lowest BCUT2D eigenvalue weighted by Crippen LogP contribution is -2.41. The average Bonchev–Trinajstić information content (AvgIpc) is 3.03. The van der Waals surface area contributed by atoms with Crippen LogP contribution in [0.4, 0.5) is 0 Å². The summed E-state index contributed by atoms with van der Waals surface area (Å²) in [4.78, 5) is 29.5. The summed E-state index contributed by atoms with van der Waals surface area (Å²) < 4.78 is 6.67. The number of aryl methyl sites for hydroxylation is 2. The zero-order valence-electron chi connectivity index (χ0n) is 15.3. The van der Waals surface area contributed by atoms with Crippen molar-refractivity contribution >= 4 is 28.6 Å². The topological polar surface area (TPSA) is 85.6 Å². The van der Waals surface area contributed by atoms with Gasteiger partial charge >= 0.3 is 5.97 Å². The van der Waals surface area contributed by atoms with Crippen molar-refractivity contribution in [2.24, 2.45) is 18.0 Å². The van der Waals surface area contributed by atoms with Crippen LogP contribution >= 0.6 is 0 Å². The molecule has 0 radical (unpaired) electrons. The van der Waals surface area contributed by atoms with E-state index in [0.717, 1.165) is 16.6 Å². The molecule has 0 bridgehead atoms. The molecule has 1 aromatic heterocycles. The van der Waals surface area contributed by atoms with E-state index in [1.165, 1.54) is 7.11 Å². The van der Waals surface area contributed by atoms with Gasteiger partial charge in [0.1, 0.15) is 11.4 Å². The number of hydrogen-bond donors (Lipinski definition) is 1. The molecule has 0 fully saturated rings. The molecule has 0 aliphatic carbocycles. The Morgan fingerprint density at radius 2 is 2.04 bits per heavy atom. The molecule has 0 saturated carbocycles. The molecule has 0 spiro atoms. The summed E-state index contributed by atoms with van der Waals surface area (Å²) in [5.74, 6) is -0.244. The van der Waals surface area contributed by atoms with Gasteiger partial charge in [0.05, 0.1) is 23.9 Å². The zero-order chi connectivity index (χ0) is 18.5. The van der Waals surface area contributed by atoms with Gasteiger partial charge in [0.25, 0.3) is 5.91 Å². The van der Waals surface area contributed by atoms with Gasteiger partial charge in [-0.15, -0.1) is 0 Å². The van der Waals surface area contributed by atoms with E-state index in [-0.39, 0.29) is 11.8 Å². The molecule has 1 N–H and O–H groups in total. The second kappa shape index (κ2) is 5.68. The molecule has 1 amide bonds. The molecule has 1 unspecified atom stereocenters. The average molecular weight is 342 g/mol. The molecule has 132 valence electrons. The van der Waals surface area contributed by atoms with Crippen LogP contribution in [0.3, 0.4) is 0 Å². The van der Waals surface area contributed by atoms with Gasteiger partial charge in [0, 0.05) is 18.0 Å². The van der Waals surface area contributed by atoms with Crippen LogP contribution in [0, 0.1) is 12.8 Å². The largest absolute Gasteiger partial charge is 0.465 e. The Hall–Kier alpha value is -2.70. The lowest BCUT2D eigenvalue weighted by Gasteiger charge is -2.21. The van der Waals surface area contributed by atoms with Crippen molar-refractivity contribution in [1.29, 1.82) is 0 Å². The van der Waals surface area contributed by atoms with E-state index in [2.05, 4.69) is 15.4 Å². The first-order valence-corrected chi connectivity index (χ1v) is 8.17. The van der Waals surface area contributed by atoms with Crippen LogP contribution in [0.25, 0.3) is 10.9 Å². The van der Waals surface area contributed by atoms with E-state index in [9.17, 15) is 9.59 Å². The summed E-state index contributed by atoms with van der Waals surface area (Å²) >= 11 is 0. The van der Waals surface area contributed by atoms with Gasteiger partial charge in [0.15, 0.2) is 0 Å². The van der Waals surface area contributed by atoms with E-state index in [4.69, 9.17) is 4.74 Å². The summed E-state index contributed by atoms with van der Waals surface area (Å²) in [5, 5.41) is 8.08. The number of aromatic nitrogens is 2. The highest BCUT2D eigenvalue weighted by Crippen LogP contribution is 2.32. The highest BCUT2D eigenvalue weighted by molar-refractivity contribution is 6.23. The van der Waals surface area contributed by atoms with Crippen molar-refractivity contribution in [3.8, 4) is 0 Å². The maximum atomic E-state index is 12.5. The quantitative estimate of drug-likeness (QED) is 0.864. The smallest absolute Gasteiger partial charge is 0.338 e. The first-order valence-electron chi connectivity index (χ1n) is 8.17. The third-order valence-electron chi connectivity index (χ3n) is 5.00. The molecular formula is C18H22N4O3. The zero-order valence-corrected chi connectivity index (χ0v) is 15.3.